The molecule has 1 aliphatic rings. The molecule has 1 saturated carbocycles. The number of carbonyl (C=O) groups is 1. The number of aromatic nitrogens is 1. The lowest BCUT2D eigenvalue weighted by molar-refractivity contribution is 0.129. The lowest BCUT2D eigenvalue weighted by Gasteiger charge is -2.36. The predicted molar refractivity (Wildman–Crippen MR) is 141 cm³/mol. The Bertz CT molecular complexity index is 1030. The van der Waals surface area contributed by atoms with Crippen molar-refractivity contribution in [1.82, 2.24) is 10.3 Å². The topological polar surface area (TPSA) is 69.7 Å². The van der Waals surface area contributed by atoms with E-state index < -0.39 is 6.09 Å². The minimum Gasteiger partial charge on any atom is -0.489 e. The van der Waals surface area contributed by atoms with E-state index in [2.05, 4.69) is 30.4 Å². The van der Waals surface area contributed by atoms with Crippen LogP contribution in [0.2, 0.25) is 5.02 Å². The maximum Gasteiger partial charge on any atom is 0.412 e. The highest BCUT2D eigenvalue weighted by atomic mass is 35.5. The highest BCUT2D eigenvalue weighted by Crippen LogP contribution is 2.36. The largest absolute Gasteiger partial charge is 0.489 e. The van der Waals surface area contributed by atoms with Gasteiger partial charge < -0.3 is 19.5 Å². The molecule has 1 fully saturated rings. The molecule has 0 unspecified atom stereocenters. The van der Waals surface area contributed by atoms with Gasteiger partial charge in [0, 0.05) is 17.1 Å². The minimum atomic E-state index is -0.455. The number of hydrogen-bond acceptors (Lipinski definition) is 5. The summed E-state index contributed by atoms with van der Waals surface area (Å²) in [7, 11) is 0. The first kappa shape index (κ1) is 26.9. The number of benzene rings is 1. The predicted octanol–water partition coefficient (Wildman–Crippen LogP) is 7.74. The number of amides is 1. The summed E-state index contributed by atoms with van der Waals surface area (Å²) in [4.78, 5) is 16.6. The van der Waals surface area contributed by atoms with Gasteiger partial charge >= 0.3 is 6.09 Å². The smallest absolute Gasteiger partial charge is 0.412 e. The van der Waals surface area contributed by atoms with Gasteiger partial charge in [0.15, 0.2) is 0 Å². The van der Waals surface area contributed by atoms with Crippen molar-refractivity contribution in [3.63, 3.8) is 0 Å². The third kappa shape index (κ3) is 7.63. The van der Waals surface area contributed by atoms with Crippen LogP contribution in [0.25, 0.3) is 10.8 Å². The molecule has 1 N–H and O–H groups in total. The van der Waals surface area contributed by atoms with Crippen LogP contribution in [0.1, 0.15) is 71.6 Å². The van der Waals surface area contributed by atoms with Crippen LogP contribution < -0.4 is 14.8 Å². The lowest BCUT2D eigenvalue weighted by atomic mass is 9.81. The first-order chi connectivity index (χ1) is 16.9. The van der Waals surface area contributed by atoms with Crippen LogP contribution in [0.5, 0.6) is 11.6 Å². The molecule has 0 radical (unpaired) electrons. The molecule has 1 aromatic heterocycles. The Labute approximate surface area is 213 Å². The monoisotopic (exact) mass is 500 g/mol. The van der Waals surface area contributed by atoms with Crippen molar-refractivity contribution >= 4 is 28.5 Å². The number of hydrogen-bond donors (Lipinski definition) is 1. The number of alkyl carbamates (subject to hydrolysis) is 1. The van der Waals surface area contributed by atoms with Crippen LogP contribution in [0.3, 0.4) is 0 Å². The maximum atomic E-state index is 12.3. The average Bonchev–Trinajstić information content (AvgIpc) is 2.78. The molecule has 3 rings (SSSR count). The van der Waals surface area contributed by atoms with Crippen LogP contribution in [0.15, 0.2) is 49.4 Å². The van der Waals surface area contributed by atoms with Crippen LogP contribution in [0, 0.1) is 0 Å². The zero-order valence-electron chi connectivity index (χ0n) is 20.9. The third-order valence-electron chi connectivity index (χ3n) is 6.34. The summed E-state index contributed by atoms with van der Waals surface area (Å²) >= 11 is 6.63. The molecule has 1 heterocycles. The number of nitrogens with zero attached hydrogens (tertiary/aromatic N) is 1. The summed E-state index contributed by atoms with van der Waals surface area (Å²) in [5.74, 6) is 1.65. The molecule has 35 heavy (non-hydrogen) atoms. The van der Waals surface area contributed by atoms with Crippen molar-refractivity contribution in [2.45, 2.75) is 83.3 Å². The van der Waals surface area contributed by atoms with Crippen LogP contribution >= 0.6 is 11.6 Å². The van der Waals surface area contributed by atoms with E-state index in [9.17, 15) is 4.79 Å². The molecule has 1 aromatic carbocycles. The lowest BCUT2D eigenvalue weighted by Crippen LogP contribution is -2.49. The number of carbonyl (C=O) groups excluding carboxylic acids is 1. The Balaban J connectivity index is 1.67. The SMILES string of the molecule is C=CCC1(NC(=O)OC(=C)C)CCCC(Oc2cc3ccnc(OCCCC)c3cc2Cl)CCC1. The van der Waals surface area contributed by atoms with Gasteiger partial charge in [0.2, 0.25) is 5.88 Å². The number of ether oxygens (including phenoxy) is 3. The fourth-order valence-corrected chi connectivity index (χ4v) is 4.83. The summed E-state index contributed by atoms with van der Waals surface area (Å²) in [5.41, 5.74) is -0.360. The van der Waals surface area contributed by atoms with Gasteiger partial charge in [-0.05, 0) is 81.9 Å². The number of allylic oxidation sites excluding steroid dienone is 1. The van der Waals surface area contributed by atoms with E-state index in [-0.39, 0.29) is 11.6 Å². The van der Waals surface area contributed by atoms with Gasteiger partial charge in [0.05, 0.1) is 23.5 Å². The van der Waals surface area contributed by atoms with Gasteiger partial charge in [-0.25, -0.2) is 9.78 Å². The standard InChI is InChI=1S/C28H37ClN2O4/c1-5-7-17-33-26-23-19-24(29)25(18-21(23)12-16-30-26)35-22-10-8-14-28(13-6-2,15-9-11-22)31-27(32)34-20(3)4/h6,12,16,18-19,22H,2-3,5,7-11,13-15,17H2,1,4H3,(H,31,32). The molecular formula is C28H37ClN2O4. The minimum absolute atomic E-state index is 0.0520. The summed E-state index contributed by atoms with van der Waals surface area (Å²) in [6.45, 7) is 12.0. The number of unbranched alkanes of at least 4 members (excludes halogenated alkanes) is 1. The highest BCUT2D eigenvalue weighted by Gasteiger charge is 2.33. The quantitative estimate of drug-likeness (QED) is 0.205. The zero-order chi connectivity index (χ0) is 25.3. The number of nitrogens with one attached hydrogen (secondary N) is 1. The summed E-state index contributed by atoms with van der Waals surface area (Å²) in [6.07, 6.45) is 11.1. The number of fused-ring (bicyclic) bond motifs is 1. The molecule has 190 valence electrons. The highest BCUT2D eigenvalue weighted by molar-refractivity contribution is 6.33. The van der Waals surface area contributed by atoms with Crippen LogP contribution in [0.4, 0.5) is 4.79 Å². The number of rotatable bonds is 10. The summed E-state index contributed by atoms with van der Waals surface area (Å²) < 4.78 is 17.4. The van der Waals surface area contributed by atoms with Gasteiger partial charge in [0.25, 0.3) is 0 Å². The Morgan fingerprint density at radius 1 is 1.31 bits per heavy atom. The van der Waals surface area contributed by atoms with E-state index in [0.717, 1.165) is 62.1 Å². The van der Waals surface area contributed by atoms with Crippen molar-refractivity contribution < 1.29 is 19.0 Å². The van der Waals surface area contributed by atoms with E-state index in [0.29, 0.717) is 35.4 Å². The second kappa shape index (κ2) is 12.8. The molecule has 0 bridgehead atoms. The average molecular weight is 501 g/mol. The molecule has 0 spiro atoms. The Morgan fingerprint density at radius 3 is 2.71 bits per heavy atom. The molecular weight excluding hydrogens is 464 g/mol. The molecule has 1 amide bonds. The first-order valence-electron chi connectivity index (χ1n) is 12.5. The molecule has 6 nitrogen and oxygen atoms in total. The third-order valence-corrected chi connectivity index (χ3v) is 6.64. The summed E-state index contributed by atoms with van der Waals surface area (Å²) in [6, 6.07) is 5.81. The second-order valence-corrected chi connectivity index (χ2v) is 9.74. The first-order valence-corrected chi connectivity index (χ1v) is 12.9. The maximum absolute atomic E-state index is 12.3. The summed E-state index contributed by atoms with van der Waals surface area (Å²) in [5, 5.41) is 5.51. The van der Waals surface area contributed by atoms with Gasteiger partial charge in [-0.3, -0.25) is 0 Å². The zero-order valence-corrected chi connectivity index (χ0v) is 21.7. The normalized spacial score (nSPS) is 20.4. The molecule has 7 heteroatoms. The second-order valence-electron chi connectivity index (χ2n) is 9.34. The van der Waals surface area contributed by atoms with E-state index in [1.807, 2.05) is 24.3 Å². The van der Waals surface area contributed by atoms with Gasteiger partial charge in [-0.2, -0.15) is 0 Å². The molecule has 0 aliphatic heterocycles. The van der Waals surface area contributed by atoms with Crippen LogP contribution in [-0.2, 0) is 4.74 Å². The van der Waals surface area contributed by atoms with Crippen molar-refractivity contribution in [1.29, 1.82) is 0 Å². The van der Waals surface area contributed by atoms with E-state index in [4.69, 9.17) is 25.8 Å². The molecule has 0 saturated heterocycles. The van der Waals surface area contributed by atoms with E-state index in [1.54, 1.807) is 13.1 Å². The van der Waals surface area contributed by atoms with E-state index >= 15 is 0 Å². The van der Waals surface area contributed by atoms with Crippen molar-refractivity contribution in [3.8, 4) is 11.6 Å². The van der Waals surface area contributed by atoms with Crippen molar-refractivity contribution in [2.75, 3.05) is 6.61 Å². The van der Waals surface area contributed by atoms with Gasteiger partial charge in [-0.1, -0.05) is 37.6 Å². The fraction of sp³-hybridized carbons (Fsp3) is 0.500. The van der Waals surface area contributed by atoms with E-state index in [1.165, 1.54) is 0 Å². The molecule has 1 aliphatic carbocycles. The Kier molecular flexibility index (Phi) is 9.84. The molecule has 2 aromatic rings. The van der Waals surface area contributed by atoms with Crippen molar-refractivity contribution in [2.24, 2.45) is 0 Å². The molecule has 0 atom stereocenters. The van der Waals surface area contributed by atoms with Crippen molar-refractivity contribution in [3.05, 3.63) is 54.4 Å². The Morgan fingerprint density at radius 2 is 2.06 bits per heavy atom. The van der Waals surface area contributed by atoms with Gasteiger partial charge in [-0.15, -0.1) is 6.58 Å². The Hall–Kier alpha value is -2.73. The number of pyridine rings is 1. The van der Waals surface area contributed by atoms with Gasteiger partial charge in [0.1, 0.15) is 5.75 Å². The number of halogens is 1. The van der Waals surface area contributed by atoms with Crippen LogP contribution in [-0.4, -0.2) is 29.3 Å². The fourth-order valence-electron chi connectivity index (χ4n) is 4.63.